The quantitative estimate of drug-likeness (QED) is 0.807. The molecular weight excluding hydrogens is 276 g/mol. The van der Waals surface area contributed by atoms with Gasteiger partial charge in [0.2, 0.25) is 0 Å². The zero-order valence-electron chi connectivity index (χ0n) is 13.8. The molecule has 0 radical (unpaired) electrons. The largest absolute Gasteiger partial charge is 0.377 e. The molecule has 0 saturated carbocycles. The van der Waals surface area contributed by atoms with Crippen LogP contribution in [-0.4, -0.2) is 56.0 Å². The van der Waals surface area contributed by atoms with Gasteiger partial charge in [0.25, 0.3) is 5.91 Å². The second-order valence-electron chi connectivity index (χ2n) is 5.69. The number of hydrogen-bond donors (Lipinski definition) is 0. The van der Waals surface area contributed by atoms with Gasteiger partial charge < -0.3 is 14.7 Å². The maximum Gasteiger partial charge on any atom is 0.257 e. The van der Waals surface area contributed by atoms with Crippen LogP contribution < -0.4 is 4.90 Å². The number of benzene rings is 1. The molecule has 1 aliphatic rings. The van der Waals surface area contributed by atoms with Gasteiger partial charge in [-0.2, -0.15) is 5.26 Å². The Balaban J connectivity index is 2.30. The van der Waals surface area contributed by atoms with Gasteiger partial charge >= 0.3 is 0 Å². The monoisotopic (exact) mass is 300 g/mol. The van der Waals surface area contributed by atoms with Crippen LogP contribution in [0, 0.1) is 11.3 Å². The van der Waals surface area contributed by atoms with E-state index in [-0.39, 0.29) is 5.91 Å². The number of nitrogens with zero attached hydrogens (tertiary/aromatic N) is 4. The number of likely N-dealkylation sites (N-methyl/N-ethyl adjacent to an activating group) is 1. The van der Waals surface area contributed by atoms with Gasteiger partial charge in [-0.05, 0) is 19.2 Å². The Bertz CT molecular complexity index is 587. The van der Waals surface area contributed by atoms with E-state index in [9.17, 15) is 10.1 Å². The van der Waals surface area contributed by atoms with Gasteiger partial charge in [-0.25, -0.2) is 0 Å². The summed E-state index contributed by atoms with van der Waals surface area (Å²) in [7, 11) is 3.84. The Kier molecular flexibility index (Phi) is 5.04. The standard InChI is InChI=1S/C17H24N4O/c1-5-20(6-2)10-11-21-15(12-18)13-8-7-9-14(19(3)4)16(13)17(21)22/h7-9,15H,5-6,10-11H2,1-4H3. The van der Waals surface area contributed by atoms with Crippen molar-refractivity contribution in [3.63, 3.8) is 0 Å². The van der Waals surface area contributed by atoms with E-state index in [2.05, 4.69) is 24.8 Å². The zero-order chi connectivity index (χ0) is 16.3. The molecule has 0 fully saturated rings. The van der Waals surface area contributed by atoms with Crippen molar-refractivity contribution in [1.29, 1.82) is 5.26 Å². The fourth-order valence-corrected chi connectivity index (χ4v) is 2.98. The molecule has 0 saturated heterocycles. The number of carbonyl (C=O) groups is 1. The predicted molar refractivity (Wildman–Crippen MR) is 87.9 cm³/mol. The van der Waals surface area contributed by atoms with Crippen molar-refractivity contribution in [1.82, 2.24) is 9.80 Å². The number of hydrogen-bond acceptors (Lipinski definition) is 4. The summed E-state index contributed by atoms with van der Waals surface area (Å²) >= 11 is 0. The van der Waals surface area contributed by atoms with E-state index in [0.29, 0.717) is 12.1 Å². The van der Waals surface area contributed by atoms with E-state index >= 15 is 0 Å². The summed E-state index contributed by atoms with van der Waals surface area (Å²) in [5.41, 5.74) is 2.39. The van der Waals surface area contributed by atoms with Crippen molar-refractivity contribution < 1.29 is 4.79 Å². The number of fused-ring (bicyclic) bond motifs is 1. The summed E-state index contributed by atoms with van der Waals surface area (Å²) in [6.07, 6.45) is 0. The molecule has 0 spiro atoms. The Labute approximate surface area is 132 Å². The average molecular weight is 300 g/mol. The van der Waals surface area contributed by atoms with Crippen LogP contribution in [-0.2, 0) is 0 Å². The molecule has 118 valence electrons. The van der Waals surface area contributed by atoms with E-state index in [1.807, 2.05) is 37.2 Å². The Morgan fingerprint density at radius 2 is 1.95 bits per heavy atom. The molecule has 1 heterocycles. The van der Waals surface area contributed by atoms with Gasteiger partial charge in [0.1, 0.15) is 6.04 Å². The Morgan fingerprint density at radius 1 is 1.27 bits per heavy atom. The molecule has 2 rings (SSSR count). The van der Waals surface area contributed by atoms with Crippen molar-refractivity contribution in [2.75, 3.05) is 45.2 Å². The molecule has 5 heteroatoms. The molecule has 0 bridgehead atoms. The minimum absolute atomic E-state index is 0.0296. The highest BCUT2D eigenvalue weighted by Crippen LogP contribution is 2.37. The first-order valence-corrected chi connectivity index (χ1v) is 7.78. The van der Waals surface area contributed by atoms with Crippen LogP contribution in [0.2, 0.25) is 0 Å². The van der Waals surface area contributed by atoms with Gasteiger partial charge in [-0.3, -0.25) is 4.79 Å². The van der Waals surface area contributed by atoms with Crippen LogP contribution >= 0.6 is 0 Å². The van der Waals surface area contributed by atoms with Gasteiger partial charge in [-0.15, -0.1) is 0 Å². The van der Waals surface area contributed by atoms with Gasteiger partial charge in [0.05, 0.1) is 11.6 Å². The second kappa shape index (κ2) is 6.80. The number of carbonyl (C=O) groups excluding carboxylic acids is 1. The molecule has 1 aliphatic heterocycles. The van der Waals surface area contributed by atoms with E-state index in [4.69, 9.17) is 0 Å². The lowest BCUT2D eigenvalue weighted by Gasteiger charge is -2.25. The van der Waals surface area contributed by atoms with Crippen LogP contribution in [0.3, 0.4) is 0 Å². The van der Waals surface area contributed by atoms with Crippen molar-refractivity contribution >= 4 is 11.6 Å². The van der Waals surface area contributed by atoms with Crippen molar-refractivity contribution in [2.45, 2.75) is 19.9 Å². The first kappa shape index (κ1) is 16.3. The van der Waals surface area contributed by atoms with E-state index in [0.717, 1.165) is 30.9 Å². The predicted octanol–water partition coefficient (Wildman–Crippen LogP) is 2.11. The van der Waals surface area contributed by atoms with Gasteiger partial charge in [-0.1, -0.05) is 26.0 Å². The lowest BCUT2D eigenvalue weighted by Crippen LogP contribution is -2.37. The molecule has 5 nitrogen and oxygen atoms in total. The summed E-state index contributed by atoms with van der Waals surface area (Å²) in [4.78, 5) is 18.7. The molecule has 0 N–H and O–H groups in total. The third kappa shape index (κ3) is 2.79. The maximum atomic E-state index is 12.8. The second-order valence-corrected chi connectivity index (χ2v) is 5.69. The van der Waals surface area contributed by atoms with E-state index < -0.39 is 6.04 Å². The SMILES string of the molecule is CCN(CC)CCN1C(=O)c2c(cccc2N(C)C)C1C#N. The number of anilines is 1. The topological polar surface area (TPSA) is 50.6 Å². The molecule has 0 aliphatic carbocycles. The molecule has 1 amide bonds. The highest BCUT2D eigenvalue weighted by atomic mass is 16.2. The van der Waals surface area contributed by atoms with Crippen LogP contribution in [0.15, 0.2) is 18.2 Å². The third-order valence-corrected chi connectivity index (χ3v) is 4.31. The minimum Gasteiger partial charge on any atom is -0.377 e. The van der Waals surface area contributed by atoms with E-state index in [1.165, 1.54) is 0 Å². The molecule has 22 heavy (non-hydrogen) atoms. The normalized spacial score (nSPS) is 16.8. The summed E-state index contributed by atoms with van der Waals surface area (Å²) in [5, 5.41) is 9.54. The first-order chi connectivity index (χ1) is 10.5. The van der Waals surface area contributed by atoms with Crippen molar-refractivity contribution in [2.24, 2.45) is 0 Å². The number of nitriles is 1. The van der Waals surface area contributed by atoms with Gasteiger partial charge in [0, 0.05) is 38.4 Å². The number of amides is 1. The Hall–Kier alpha value is -2.06. The summed E-state index contributed by atoms with van der Waals surface area (Å²) < 4.78 is 0. The number of rotatable bonds is 6. The molecule has 1 unspecified atom stereocenters. The molecule has 1 aromatic carbocycles. The highest BCUT2D eigenvalue weighted by Gasteiger charge is 2.38. The third-order valence-electron chi connectivity index (χ3n) is 4.31. The fourth-order valence-electron chi connectivity index (χ4n) is 2.98. The lowest BCUT2D eigenvalue weighted by atomic mass is 10.0. The smallest absolute Gasteiger partial charge is 0.257 e. The highest BCUT2D eigenvalue weighted by molar-refractivity contribution is 6.04. The lowest BCUT2D eigenvalue weighted by molar-refractivity contribution is 0.0738. The fraction of sp³-hybridized carbons (Fsp3) is 0.529. The van der Waals surface area contributed by atoms with Gasteiger partial charge in [0.15, 0.2) is 0 Å². The minimum atomic E-state index is -0.474. The van der Waals surface area contributed by atoms with Crippen molar-refractivity contribution in [3.05, 3.63) is 29.3 Å². The molecular formula is C17H24N4O. The first-order valence-electron chi connectivity index (χ1n) is 7.78. The van der Waals surface area contributed by atoms with Crippen LogP contribution in [0.1, 0.15) is 35.8 Å². The summed E-state index contributed by atoms with van der Waals surface area (Å²) in [5.74, 6) is -0.0296. The van der Waals surface area contributed by atoms with Crippen molar-refractivity contribution in [3.8, 4) is 6.07 Å². The van der Waals surface area contributed by atoms with E-state index in [1.54, 1.807) is 4.90 Å². The Morgan fingerprint density at radius 3 is 2.50 bits per heavy atom. The summed E-state index contributed by atoms with van der Waals surface area (Å²) in [6.45, 7) is 7.49. The molecule has 1 atom stereocenters. The molecule has 0 aromatic heterocycles. The zero-order valence-corrected chi connectivity index (χ0v) is 13.8. The summed E-state index contributed by atoms with van der Waals surface area (Å²) in [6, 6.07) is 7.56. The average Bonchev–Trinajstić information content (AvgIpc) is 2.80. The van der Waals surface area contributed by atoms with Crippen LogP contribution in [0.25, 0.3) is 0 Å². The van der Waals surface area contributed by atoms with Crippen LogP contribution in [0.4, 0.5) is 5.69 Å². The molecule has 1 aromatic rings. The van der Waals surface area contributed by atoms with Crippen LogP contribution in [0.5, 0.6) is 0 Å². The maximum absolute atomic E-state index is 12.8.